The van der Waals surface area contributed by atoms with E-state index in [4.69, 9.17) is 4.42 Å². The fraction of sp³-hybridized carbons (Fsp3) is 0.750. The molecular weight excluding hydrogens is 250 g/mol. The van der Waals surface area contributed by atoms with E-state index < -0.39 is 0 Å². The van der Waals surface area contributed by atoms with Gasteiger partial charge in [-0.3, -0.25) is 4.90 Å². The molecule has 0 unspecified atom stereocenters. The smallest absolute Gasteiger partial charge is 0.122 e. The van der Waals surface area contributed by atoms with Gasteiger partial charge in [0.2, 0.25) is 0 Å². The minimum absolute atomic E-state index is 0.766. The summed E-state index contributed by atoms with van der Waals surface area (Å²) < 4.78 is 5.58. The van der Waals surface area contributed by atoms with Gasteiger partial charge in [-0.2, -0.15) is 0 Å². The third-order valence-corrected chi connectivity index (χ3v) is 3.86. The van der Waals surface area contributed by atoms with Crippen molar-refractivity contribution < 1.29 is 4.42 Å². The zero-order valence-electron chi connectivity index (χ0n) is 13.2. The Morgan fingerprint density at radius 1 is 1.20 bits per heavy atom. The Kier molecular flexibility index (Phi) is 6.07. The summed E-state index contributed by atoms with van der Waals surface area (Å²) >= 11 is 0. The fourth-order valence-corrected chi connectivity index (χ4v) is 2.79. The molecule has 0 radical (unpaired) electrons. The quantitative estimate of drug-likeness (QED) is 0.829. The molecule has 4 heteroatoms. The molecule has 1 aliphatic heterocycles. The fourth-order valence-electron chi connectivity index (χ4n) is 2.79. The molecule has 0 aromatic carbocycles. The van der Waals surface area contributed by atoms with Crippen molar-refractivity contribution >= 4 is 0 Å². The first-order valence-electron chi connectivity index (χ1n) is 7.89. The Labute approximate surface area is 123 Å². The normalized spacial score (nSPS) is 18.0. The van der Waals surface area contributed by atoms with Gasteiger partial charge in [-0.15, -0.1) is 0 Å². The molecule has 114 valence electrons. The average molecular weight is 279 g/mol. The molecule has 0 bridgehead atoms. The summed E-state index contributed by atoms with van der Waals surface area (Å²) in [6.07, 6.45) is 1.82. The summed E-state index contributed by atoms with van der Waals surface area (Å²) in [6, 6.07) is 2.12. The second kappa shape index (κ2) is 7.81. The van der Waals surface area contributed by atoms with Gasteiger partial charge < -0.3 is 14.6 Å². The summed E-state index contributed by atoms with van der Waals surface area (Å²) in [7, 11) is 0. The summed E-state index contributed by atoms with van der Waals surface area (Å²) in [5.74, 6) is 1.86. The summed E-state index contributed by atoms with van der Waals surface area (Å²) in [5.41, 5.74) is 1.34. The lowest BCUT2D eigenvalue weighted by Gasteiger charge is -2.35. The molecule has 2 heterocycles. The van der Waals surface area contributed by atoms with Crippen molar-refractivity contribution in [3.8, 4) is 0 Å². The summed E-state index contributed by atoms with van der Waals surface area (Å²) in [5, 5.41) is 3.34. The largest absolute Gasteiger partial charge is 0.468 e. The molecule has 1 aromatic heterocycles. The predicted molar refractivity (Wildman–Crippen MR) is 82.6 cm³/mol. The first-order valence-corrected chi connectivity index (χ1v) is 7.89. The van der Waals surface area contributed by atoms with Gasteiger partial charge in [-0.1, -0.05) is 20.8 Å². The molecular formula is C16H29N3O. The van der Waals surface area contributed by atoms with Crippen LogP contribution >= 0.6 is 0 Å². The molecule has 1 aromatic rings. The van der Waals surface area contributed by atoms with Crippen LogP contribution in [0.1, 0.15) is 32.1 Å². The van der Waals surface area contributed by atoms with Gasteiger partial charge in [0.15, 0.2) is 0 Å². The van der Waals surface area contributed by atoms with Crippen molar-refractivity contribution in [2.75, 3.05) is 39.3 Å². The molecule has 0 amide bonds. The SMILES string of the molecule is CCNCc1occc1CN1CCN(CC(C)C)CC1. The molecule has 20 heavy (non-hydrogen) atoms. The van der Waals surface area contributed by atoms with Gasteiger partial charge in [0.1, 0.15) is 5.76 Å². The highest BCUT2D eigenvalue weighted by molar-refractivity contribution is 5.17. The minimum atomic E-state index is 0.766. The van der Waals surface area contributed by atoms with Crippen LogP contribution in [0.15, 0.2) is 16.7 Å². The lowest BCUT2D eigenvalue weighted by atomic mass is 10.1. The lowest BCUT2D eigenvalue weighted by Crippen LogP contribution is -2.46. The van der Waals surface area contributed by atoms with Crippen molar-refractivity contribution in [1.82, 2.24) is 15.1 Å². The van der Waals surface area contributed by atoms with Gasteiger partial charge in [0, 0.05) is 44.8 Å². The Balaban J connectivity index is 1.79. The molecule has 1 N–H and O–H groups in total. The Hall–Kier alpha value is -0.840. The zero-order valence-corrected chi connectivity index (χ0v) is 13.2. The van der Waals surface area contributed by atoms with E-state index in [9.17, 15) is 0 Å². The first kappa shape index (κ1) is 15.5. The van der Waals surface area contributed by atoms with E-state index in [0.29, 0.717) is 0 Å². The molecule has 0 aliphatic carbocycles. The minimum Gasteiger partial charge on any atom is -0.468 e. The van der Waals surface area contributed by atoms with E-state index in [1.54, 1.807) is 0 Å². The van der Waals surface area contributed by atoms with Crippen LogP contribution in [-0.4, -0.2) is 49.1 Å². The van der Waals surface area contributed by atoms with Gasteiger partial charge in [0.05, 0.1) is 12.8 Å². The molecule has 4 nitrogen and oxygen atoms in total. The van der Waals surface area contributed by atoms with E-state index in [-0.39, 0.29) is 0 Å². The summed E-state index contributed by atoms with van der Waals surface area (Å²) in [4.78, 5) is 5.12. The van der Waals surface area contributed by atoms with Crippen molar-refractivity contribution in [1.29, 1.82) is 0 Å². The molecule has 1 fully saturated rings. The molecule has 0 spiro atoms. The maximum Gasteiger partial charge on any atom is 0.122 e. The maximum absolute atomic E-state index is 5.58. The number of rotatable bonds is 7. The molecule has 2 rings (SSSR count). The highest BCUT2D eigenvalue weighted by Gasteiger charge is 2.19. The summed E-state index contributed by atoms with van der Waals surface area (Å²) in [6.45, 7) is 15.5. The average Bonchev–Trinajstić information content (AvgIpc) is 2.85. The van der Waals surface area contributed by atoms with Crippen molar-refractivity contribution in [2.45, 2.75) is 33.9 Å². The highest BCUT2D eigenvalue weighted by Crippen LogP contribution is 2.15. The third kappa shape index (κ3) is 4.62. The van der Waals surface area contributed by atoms with Crippen LogP contribution in [0, 0.1) is 5.92 Å². The molecule has 0 saturated carbocycles. The topological polar surface area (TPSA) is 31.7 Å². The second-order valence-corrected chi connectivity index (χ2v) is 6.12. The van der Waals surface area contributed by atoms with Gasteiger partial charge in [-0.05, 0) is 18.5 Å². The van der Waals surface area contributed by atoms with Crippen molar-refractivity contribution in [3.63, 3.8) is 0 Å². The highest BCUT2D eigenvalue weighted by atomic mass is 16.3. The Morgan fingerprint density at radius 2 is 1.90 bits per heavy atom. The maximum atomic E-state index is 5.58. The lowest BCUT2D eigenvalue weighted by molar-refractivity contribution is 0.117. The number of hydrogen-bond donors (Lipinski definition) is 1. The number of piperazine rings is 1. The van der Waals surface area contributed by atoms with Crippen LogP contribution in [0.5, 0.6) is 0 Å². The van der Waals surface area contributed by atoms with Crippen LogP contribution in [0.4, 0.5) is 0 Å². The first-order chi connectivity index (χ1) is 9.69. The van der Waals surface area contributed by atoms with Gasteiger partial charge in [0.25, 0.3) is 0 Å². The van der Waals surface area contributed by atoms with Crippen LogP contribution in [0.2, 0.25) is 0 Å². The van der Waals surface area contributed by atoms with Crippen LogP contribution < -0.4 is 5.32 Å². The van der Waals surface area contributed by atoms with E-state index >= 15 is 0 Å². The van der Waals surface area contributed by atoms with E-state index in [2.05, 4.69) is 42.0 Å². The van der Waals surface area contributed by atoms with E-state index in [1.165, 1.54) is 38.3 Å². The standard InChI is InChI=1S/C16H29N3O/c1-4-17-11-16-15(5-10-20-16)13-19-8-6-18(7-9-19)12-14(2)3/h5,10,14,17H,4,6-9,11-13H2,1-3H3. The van der Waals surface area contributed by atoms with Crippen LogP contribution in [0.25, 0.3) is 0 Å². The zero-order chi connectivity index (χ0) is 14.4. The number of nitrogens with zero attached hydrogens (tertiary/aromatic N) is 2. The van der Waals surface area contributed by atoms with E-state index in [1.807, 2.05) is 6.26 Å². The monoisotopic (exact) mass is 279 g/mol. The Bertz CT molecular complexity index is 381. The molecule has 0 atom stereocenters. The van der Waals surface area contributed by atoms with Crippen LogP contribution in [0.3, 0.4) is 0 Å². The van der Waals surface area contributed by atoms with Gasteiger partial charge in [-0.25, -0.2) is 0 Å². The van der Waals surface area contributed by atoms with Crippen molar-refractivity contribution in [2.24, 2.45) is 5.92 Å². The third-order valence-electron chi connectivity index (χ3n) is 3.86. The van der Waals surface area contributed by atoms with E-state index in [0.717, 1.165) is 31.3 Å². The predicted octanol–water partition coefficient (Wildman–Crippen LogP) is 2.16. The second-order valence-electron chi connectivity index (χ2n) is 6.12. The number of hydrogen-bond acceptors (Lipinski definition) is 4. The number of nitrogens with one attached hydrogen (secondary N) is 1. The molecule has 1 saturated heterocycles. The van der Waals surface area contributed by atoms with Crippen LogP contribution in [-0.2, 0) is 13.1 Å². The molecule has 1 aliphatic rings. The van der Waals surface area contributed by atoms with Crippen molar-refractivity contribution in [3.05, 3.63) is 23.7 Å². The Morgan fingerprint density at radius 3 is 2.55 bits per heavy atom. The number of furan rings is 1. The van der Waals surface area contributed by atoms with Gasteiger partial charge >= 0.3 is 0 Å².